The summed E-state index contributed by atoms with van der Waals surface area (Å²) in [6, 6.07) is 7.37. The van der Waals surface area contributed by atoms with Crippen LogP contribution in [-0.4, -0.2) is 63.5 Å². The summed E-state index contributed by atoms with van der Waals surface area (Å²) in [5.74, 6) is 1.77. The first-order valence-corrected chi connectivity index (χ1v) is 9.35. The number of para-hydroxylation sites is 2. The third-order valence-electron chi connectivity index (χ3n) is 5.65. The number of piperidine rings is 1. The topological polar surface area (TPSA) is 57.2 Å². The van der Waals surface area contributed by atoms with Crippen molar-refractivity contribution in [3.05, 3.63) is 24.3 Å². The fourth-order valence-electron chi connectivity index (χ4n) is 4.11. The average molecular weight is 363 g/mol. The van der Waals surface area contributed by atoms with E-state index in [9.17, 15) is 4.79 Å². The van der Waals surface area contributed by atoms with Crippen LogP contribution in [0.1, 0.15) is 25.7 Å². The van der Waals surface area contributed by atoms with E-state index in [1.807, 2.05) is 29.2 Å². The summed E-state index contributed by atoms with van der Waals surface area (Å²) in [5.41, 5.74) is -0.0706. The number of hydrogen-bond donors (Lipinski definition) is 0. The van der Waals surface area contributed by atoms with E-state index in [4.69, 9.17) is 18.9 Å². The van der Waals surface area contributed by atoms with Crippen LogP contribution in [-0.2, 0) is 14.3 Å². The maximum atomic E-state index is 12.5. The zero-order valence-electron chi connectivity index (χ0n) is 15.7. The van der Waals surface area contributed by atoms with Crippen molar-refractivity contribution in [2.45, 2.75) is 31.3 Å². The molecule has 1 aromatic carbocycles. The highest BCUT2D eigenvalue weighted by Crippen LogP contribution is 2.42. The van der Waals surface area contributed by atoms with Gasteiger partial charge in [-0.05, 0) is 43.7 Å². The van der Waals surface area contributed by atoms with Gasteiger partial charge in [-0.2, -0.15) is 0 Å². The lowest BCUT2D eigenvalue weighted by Crippen LogP contribution is -2.50. The molecule has 1 atom stereocenters. The Balaban J connectivity index is 1.50. The molecule has 6 heteroatoms. The number of carbonyl (C=O) groups excluding carboxylic acids is 1. The highest BCUT2D eigenvalue weighted by atomic mass is 16.5. The Labute approximate surface area is 155 Å². The number of benzene rings is 1. The maximum absolute atomic E-state index is 12.5. The van der Waals surface area contributed by atoms with Crippen LogP contribution < -0.4 is 9.47 Å². The molecule has 1 aromatic rings. The molecule has 2 saturated heterocycles. The van der Waals surface area contributed by atoms with Crippen LogP contribution in [0.2, 0.25) is 0 Å². The Morgan fingerprint density at radius 2 is 1.96 bits per heavy atom. The van der Waals surface area contributed by atoms with Crippen LogP contribution in [0, 0.1) is 5.92 Å². The standard InChI is InChI=1S/C20H29NO5/c1-23-13-7-16-8-14-26-20(16)9-11-21(12-10-20)19(22)15-25-18-6-4-3-5-17(18)24-2/h3-6,16H,7-15H2,1-2H3. The predicted octanol–water partition coefficient (Wildman–Crippen LogP) is 2.51. The largest absolute Gasteiger partial charge is 0.493 e. The smallest absolute Gasteiger partial charge is 0.260 e. The van der Waals surface area contributed by atoms with E-state index < -0.39 is 0 Å². The lowest BCUT2D eigenvalue weighted by atomic mass is 9.78. The van der Waals surface area contributed by atoms with Crippen LogP contribution in [0.3, 0.4) is 0 Å². The molecule has 2 fully saturated rings. The molecule has 0 bridgehead atoms. The Kier molecular flexibility index (Phi) is 6.38. The summed E-state index contributed by atoms with van der Waals surface area (Å²) in [7, 11) is 3.33. The highest BCUT2D eigenvalue weighted by Gasteiger charge is 2.46. The van der Waals surface area contributed by atoms with Crippen molar-refractivity contribution in [3.8, 4) is 11.5 Å². The molecule has 0 N–H and O–H groups in total. The fourth-order valence-corrected chi connectivity index (χ4v) is 4.11. The lowest BCUT2D eigenvalue weighted by Gasteiger charge is -2.42. The number of nitrogens with zero attached hydrogens (tertiary/aromatic N) is 1. The average Bonchev–Trinajstić information content (AvgIpc) is 3.07. The molecule has 1 unspecified atom stereocenters. The Morgan fingerprint density at radius 1 is 1.23 bits per heavy atom. The summed E-state index contributed by atoms with van der Waals surface area (Å²) in [5, 5.41) is 0. The molecule has 1 spiro atoms. The van der Waals surface area contributed by atoms with Gasteiger partial charge < -0.3 is 23.8 Å². The van der Waals surface area contributed by atoms with Crippen LogP contribution in [0.25, 0.3) is 0 Å². The van der Waals surface area contributed by atoms with E-state index in [0.29, 0.717) is 17.4 Å². The third-order valence-corrected chi connectivity index (χ3v) is 5.65. The third kappa shape index (κ3) is 4.13. The van der Waals surface area contributed by atoms with Gasteiger partial charge in [-0.3, -0.25) is 4.79 Å². The second kappa shape index (κ2) is 8.73. The van der Waals surface area contributed by atoms with Crippen molar-refractivity contribution < 1.29 is 23.7 Å². The Morgan fingerprint density at radius 3 is 2.65 bits per heavy atom. The van der Waals surface area contributed by atoms with E-state index in [1.165, 1.54) is 0 Å². The van der Waals surface area contributed by atoms with Gasteiger partial charge in [-0.1, -0.05) is 12.1 Å². The normalized spacial score (nSPS) is 21.8. The summed E-state index contributed by atoms with van der Waals surface area (Å²) < 4.78 is 22.3. The van der Waals surface area contributed by atoms with Gasteiger partial charge >= 0.3 is 0 Å². The zero-order chi connectivity index (χ0) is 18.4. The number of likely N-dealkylation sites (tertiary alicyclic amines) is 1. The second-order valence-electron chi connectivity index (χ2n) is 7.00. The first-order valence-electron chi connectivity index (χ1n) is 9.35. The molecule has 3 rings (SSSR count). The quantitative estimate of drug-likeness (QED) is 0.745. The van der Waals surface area contributed by atoms with Crippen molar-refractivity contribution in [1.29, 1.82) is 0 Å². The molecule has 2 aliphatic heterocycles. The summed E-state index contributed by atoms with van der Waals surface area (Å²) in [4.78, 5) is 14.4. The molecule has 6 nitrogen and oxygen atoms in total. The minimum atomic E-state index is -0.0706. The molecular formula is C20H29NO5. The maximum Gasteiger partial charge on any atom is 0.260 e. The highest BCUT2D eigenvalue weighted by molar-refractivity contribution is 5.78. The number of rotatable bonds is 7. The van der Waals surface area contributed by atoms with E-state index in [1.54, 1.807) is 14.2 Å². The second-order valence-corrected chi connectivity index (χ2v) is 7.00. The van der Waals surface area contributed by atoms with Gasteiger partial charge in [0.2, 0.25) is 0 Å². The first-order chi connectivity index (χ1) is 12.7. The molecular weight excluding hydrogens is 334 g/mol. The van der Waals surface area contributed by atoms with Gasteiger partial charge in [0.25, 0.3) is 5.91 Å². The van der Waals surface area contributed by atoms with Crippen molar-refractivity contribution in [1.82, 2.24) is 4.90 Å². The van der Waals surface area contributed by atoms with Gasteiger partial charge in [0.1, 0.15) is 0 Å². The van der Waals surface area contributed by atoms with E-state index in [0.717, 1.165) is 52.0 Å². The number of hydrogen-bond acceptors (Lipinski definition) is 5. The van der Waals surface area contributed by atoms with Crippen LogP contribution in [0.5, 0.6) is 11.5 Å². The molecule has 2 heterocycles. The molecule has 0 aliphatic carbocycles. The van der Waals surface area contributed by atoms with Gasteiger partial charge in [-0.25, -0.2) is 0 Å². The minimum absolute atomic E-state index is 0.0113. The van der Waals surface area contributed by atoms with E-state index in [-0.39, 0.29) is 18.1 Å². The monoisotopic (exact) mass is 363 g/mol. The van der Waals surface area contributed by atoms with Gasteiger partial charge in [-0.15, -0.1) is 0 Å². The molecule has 26 heavy (non-hydrogen) atoms. The molecule has 0 aromatic heterocycles. The molecule has 1 amide bonds. The van der Waals surface area contributed by atoms with Gasteiger partial charge in [0.05, 0.1) is 12.7 Å². The Bertz CT molecular complexity index is 598. The SMILES string of the molecule is COCCC1CCOC12CCN(C(=O)COc1ccccc1OC)CC2. The fraction of sp³-hybridized carbons (Fsp3) is 0.650. The van der Waals surface area contributed by atoms with Gasteiger partial charge in [0.15, 0.2) is 18.1 Å². The summed E-state index contributed by atoms with van der Waals surface area (Å²) in [6.45, 7) is 3.06. The molecule has 2 aliphatic rings. The van der Waals surface area contributed by atoms with Crippen molar-refractivity contribution in [2.75, 3.05) is 47.1 Å². The zero-order valence-corrected chi connectivity index (χ0v) is 15.7. The van der Waals surface area contributed by atoms with E-state index in [2.05, 4.69) is 0 Å². The van der Waals surface area contributed by atoms with E-state index >= 15 is 0 Å². The number of carbonyl (C=O) groups is 1. The molecule has 0 saturated carbocycles. The van der Waals surface area contributed by atoms with Crippen LogP contribution in [0.15, 0.2) is 24.3 Å². The number of ether oxygens (including phenoxy) is 4. The summed E-state index contributed by atoms with van der Waals surface area (Å²) >= 11 is 0. The van der Waals surface area contributed by atoms with Gasteiger partial charge in [0, 0.05) is 33.4 Å². The van der Waals surface area contributed by atoms with Crippen LogP contribution in [0.4, 0.5) is 0 Å². The Hall–Kier alpha value is -1.79. The van der Waals surface area contributed by atoms with Crippen molar-refractivity contribution in [3.63, 3.8) is 0 Å². The predicted molar refractivity (Wildman–Crippen MR) is 97.6 cm³/mol. The van der Waals surface area contributed by atoms with Crippen molar-refractivity contribution >= 4 is 5.91 Å². The number of amides is 1. The minimum Gasteiger partial charge on any atom is -0.493 e. The number of methoxy groups -OCH3 is 2. The molecule has 0 radical (unpaired) electrons. The lowest BCUT2D eigenvalue weighted by molar-refractivity contribution is -0.139. The first kappa shape index (κ1) is 19.0. The summed E-state index contributed by atoms with van der Waals surface area (Å²) in [6.07, 6.45) is 3.90. The molecule has 144 valence electrons. The van der Waals surface area contributed by atoms with Crippen molar-refractivity contribution in [2.24, 2.45) is 5.92 Å². The van der Waals surface area contributed by atoms with Crippen LogP contribution >= 0.6 is 0 Å².